The molecule has 0 spiro atoms. The summed E-state index contributed by atoms with van der Waals surface area (Å²) in [6.07, 6.45) is 1.70. The Labute approximate surface area is 132 Å². The molecule has 0 saturated carbocycles. The zero-order chi connectivity index (χ0) is 15.6. The third-order valence-electron chi connectivity index (χ3n) is 4.27. The van der Waals surface area contributed by atoms with Gasteiger partial charge in [0.25, 0.3) is 0 Å². The summed E-state index contributed by atoms with van der Waals surface area (Å²) in [6, 6.07) is 6.69. The van der Waals surface area contributed by atoms with E-state index in [4.69, 9.17) is 11.6 Å². The predicted molar refractivity (Wildman–Crippen MR) is 89.0 cm³/mol. The quantitative estimate of drug-likeness (QED) is 0.911. The highest BCUT2D eigenvalue weighted by Gasteiger charge is 2.19. The summed E-state index contributed by atoms with van der Waals surface area (Å²) in [5, 5.41) is 8.73. The van der Waals surface area contributed by atoms with E-state index in [1.54, 1.807) is 0 Å². The number of nitrogens with zero attached hydrogens (tertiary/aromatic N) is 2. The van der Waals surface area contributed by atoms with Crippen LogP contribution in [0.4, 0.5) is 0 Å². The van der Waals surface area contributed by atoms with Crippen LogP contribution in [0, 0.1) is 13.8 Å². The van der Waals surface area contributed by atoms with Gasteiger partial charge in [0.05, 0.1) is 16.4 Å². The topological polar surface area (TPSA) is 29.9 Å². The Morgan fingerprint density at radius 2 is 2.05 bits per heavy atom. The predicted octanol–water partition coefficient (Wildman–Crippen LogP) is 3.76. The number of halogens is 1. The molecule has 0 amide bonds. The molecule has 1 N–H and O–H groups in total. The van der Waals surface area contributed by atoms with Gasteiger partial charge in [-0.15, -0.1) is 0 Å². The first kappa shape index (κ1) is 16.1. The molecule has 4 heteroatoms. The monoisotopic (exact) mass is 305 g/mol. The molecule has 0 bridgehead atoms. The minimum Gasteiger partial charge on any atom is -0.313 e. The molecule has 0 aliphatic carbocycles. The van der Waals surface area contributed by atoms with E-state index in [0.29, 0.717) is 0 Å². The standard InChI is InChI=1S/C17H24ClN3/c1-6-14-17(18)16(21(5)20-14)10-15(19-4)13-9-7-8-11(2)12(13)3/h7-9,15,19H,6,10H2,1-5H3. The van der Waals surface area contributed by atoms with Crippen molar-refractivity contribution in [1.29, 1.82) is 0 Å². The average molecular weight is 306 g/mol. The van der Waals surface area contributed by atoms with E-state index in [2.05, 4.69) is 49.4 Å². The van der Waals surface area contributed by atoms with E-state index in [9.17, 15) is 0 Å². The number of benzene rings is 1. The molecule has 1 aromatic heterocycles. The molecule has 0 radical (unpaired) electrons. The molecule has 114 valence electrons. The Hall–Kier alpha value is -1.32. The molecule has 0 fully saturated rings. The number of hydrogen-bond acceptors (Lipinski definition) is 2. The zero-order valence-electron chi connectivity index (χ0n) is 13.5. The Morgan fingerprint density at radius 1 is 1.33 bits per heavy atom. The van der Waals surface area contributed by atoms with Gasteiger partial charge in [0.2, 0.25) is 0 Å². The first-order valence-corrected chi connectivity index (χ1v) is 7.81. The molecule has 3 nitrogen and oxygen atoms in total. The summed E-state index contributed by atoms with van der Waals surface area (Å²) in [5.41, 5.74) is 6.05. The van der Waals surface area contributed by atoms with Crippen molar-refractivity contribution in [3.8, 4) is 0 Å². The molecule has 1 unspecified atom stereocenters. The first-order valence-electron chi connectivity index (χ1n) is 7.43. The molecular formula is C17H24ClN3. The van der Waals surface area contributed by atoms with Crippen molar-refractivity contribution < 1.29 is 0 Å². The van der Waals surface area contributed by atoms with Crippen molar-refractivity contribution >= 4 is 11.6 Å². The lowest BCUT2D eigenvalue weighted by Gasteiger charge is -2.20. The molecule has 1 heterocycles. The van der Waals surface area contributed by atoms with Crippen LogP contribution in [0.25, 0.3) is 0 Å². The minimum atomic E-state index is 0.238. The maximum absolute atomic E-state index is 6.48. The van der Waals surface area contributed by atoms with Crippen LogP contribution in [0.2, 0.25) is 5.02 Å². The lowest BCUT2D eigenvalue weighted by Crippen LogP contribution is -2.21. The highest BCUT2D eigenvalue weighted by Crippen LogP contribution is 2.28. The first-order chi connectivity index (χ1) is 9.99. The fourth-order valence-corrected chi connectivity index (χ4v) is 3.12. The van der Waals surface area contributed by atoms with Crippen molar-refractivity contribution in [2.75, 3.05) is 7.05 Å². The van der Waals surface area contributed by atoms with Gasteiger partial charge < -0.3 is 5.32 Å². The molecule has 2 rings (SSSR count). The highest BCUT2D eigenvalue weighted by atomic mass is 35.5. The Morgan fingerprint density at radius 3 is 2.62 bits per heavy atom. The van der Waals surface area contributed by atoms with Crippen molar-refractivity contribution in [2.24, 2.45) is 7.05 Å². The van der Waals surface area contributed by atoms with Gasteiger partial charge in [0.15, 0.2) is 0 Å². The minimum absolute atomic E-state index is 0.238. The maximum Gasteiger partial charge on any atom is 0.0850 e. The number of nitrogens with one attached hydrogen (secondary N) is 1. The van der Waals surface area contributed by atoms with E-state index in [1.165, 1.54) is 16.7 Å². The summed E-state index contributed by atoms with van der Waals surface area (Å²) < 4.78 is 1.91. The van der Waals surface area contributed by atoms with Gasteiger partial charge in [-0.05, 0) is 44.0 Å². The highest BCUT2D eigenvalue weighted by molar-refractivity contribution is 6.31. The maximum atomic E-state index is 6.48. The summed E-state index contributed by atoms with van der Waals surface area (Å²) in [7, 11) is 3.97. The summed E-state index contributed by atoms with van der Waals surface area (Å²) >= 11 is 6.48. The fraction of sp³-hybridized carbons (Fsp3) is 0.471. The molecule has 1 atom stereocenters. The fourth-order valence-electron chi connectivity index (χ4n) is 2.75. The van der Waals surface area contributed by atoms with Crippen LogP contribution in [-0.2, 0) is 19.9 Å². The third-order valence-corrected chi connectivity index (χ3v) is 4.71. The van der Waals surface area contributed by atoms with Crippen LogP contribution >= 0.6 is 11.6 Å². The number of hydrogen-bond donors (Lipinski definition) is 1. The molecule has 0 saturated heterocycles. The lowest BCUT2D eigenvalue weighted by molar-refractivity contribution is 0.558. The number of likely N-dealkylation sites (N-methyl/N-ethyl adjacent to an activating group) is 1. The molecule has 21 heavy (non-hydrogen) atoms. The lowest BCUT2D eigenvalue weighted by atomic mass is 9.94. The second-order valence-corrected chi connectivity index (χ2v) is 5.90. The van der Waals surface area contributed by atoms with Gasteiger partial charge >= 0.3 is 0 Å². The van der Waals surface area contributed by atoms with Gasteiger partial charge in [-0.1, -0.05) is 36.7 Å². The van der Waals surface area contributed by atoms with Gasteiger partial charge in [-0.2, -0.15) is 5.10 Å². The van der Waals surface area contributed by atoms with E-state index in [1.807, 2.05) is 18.8 Å². The van der Waals surface area contributed by atoms with Crippen molar-refractivity contribution in [2.45, 2.75) is 39.7 Å². The van der Waals surface area contributed by atoms with Crippen LogP contribution < -0.4 is 5.32 Å². The largest absolute Gasteiger partial charge is 0.313 e. The molecule has 0 aliphatic rings. The van der Waals surface area contributed by atoms with Gasteiger partial charge in [-0.3, -0.25) is 4.68 Å². The summed E-state index contributed by atoms with van der Waals surface area (Å²) in [6.45, 7) is 6.41. The Bertz CT molecular complexity index is 631. The van der Waals surface area contributed by atoms with E-state index in [0.717, 1.165) is 29.3 Å². The van der Waals surface area contributed by atoms with Crippen LogP contribution in [0.3, 0.4) is 0 Å². The van der Waals surface area contributed by atoms with Crippen molar-refractivity contribution in [3.05, 3.63) is 51.3 Å². The summed E-state index contributed by atoms with van der Waals surface area (Å²) in [5.74, 6) is 0. The van der Waals surface area contributed by atoms with Crippen molar-refractivity contribution in [3.63, 3.8) is 0 Å². The molecule has 0 aliphatic heterocycles. The van der Waals surface area contributed by atoms with E-state index < -0.39 is 0 Å². The van der Waals surface area contributed by atoms with E-state index in [-0.39, 0.29) is 6.04 Å². The molecule has 2 aromatic rings. The second-order valence-electron chi connectivity index (χ2n) is 5.52. The van der Waals surface area contributed by atoms with Gasteiger partial charge in [0.1, 0.15) is 0 Å². The van der Waals surface area contributed by atoms with Gasteiger partial charge in [0, 0.05) is 19.5 Å². The van der Waals surface area contributed by atoms with Crippen LogP contribution in [-0.4, -0.2) is 16.8 Å². The average Bonchev–Trinajstić information content (AvgIpc) is 2.74. The Kier molecular flexibility index (Phi) is 5.07. The van der Waals surface area contributed by atoms with Crippen LogP contribution in [0.15, 0.2) is 18.2 Å². The Balaban J connectivity index is 2.36. The zero-order valence-corrected chi connectivity index (χ0v) is 14.3. The van der Waals surface area contributed by atoms with Crippen LogP contribution in [0.1, 0.15) is 41.0 Å². The summed E-state index contributed by atoms with van der Waals surface area (Å²) in [4.78, 5) is 0. The normalized spacial score (nSPS) is 12.7. The number of rotatable bonds is 5. The van der Waals surface area contributed by atoms with Crippen LogP contribution in [0.5, 0.6) is 0 Å². The number of aromatic nitrogens is 2. The molecule has 1 aromatic carbocycles. The molecular weight excluding hydrogens is 282 g/mol. The smallest absolute Gasteiger partial charge is 0.0850 e. The van der Waals surface area contributed by atoms with Crippen molar-refractivity contribution in [1.82, 2.24) is 15.1 Å². The SMILES string of the molecule is CCc1nn(C)c(CC(NC)c2cccc(C)c2C)c1Cl. The third kappa shape index (κ3) is 3.14. The number of aryl methyl sites for hydroxylation is 3. The van der Waals surface area contributed by atoms with E-state index >= 15 is 0 Å². The van der Waals surface area contributed by atoms with Gasteiger partial charge in [-0.25, -0.2) is 0 Å². The second kappa shape index (κ2) is 6.63.